The second kappa shape index (κ2) is 6.21. The first kappa shape index (κ1) is 14.1. The predicted octanol–water partition coefficient (Wildman–Crippen LogP) is 1.58. The Morgan fingerprint density at radius 1 is 1.00 bits per heavy atom. The Labute approximate surface area is 117 Å². The van der Waals surface area contributed by atoms with E-state index in [2.05, 4.69) is 9.97 Å². The van der Waals surface area contributed by atoms with Gasteiger partial charge in [0.1, 0.15) is 23.9 Å². The van der Waals surface area contributed by atoms with Crippen molar-refractivity contribution in [2.75, 3.05) is 21.3 Å². The molecule has 0 aliphatic carbocycles. The summed E-state index contributed by atoms with van der Waals surface area (Å²) < 4.78 is 15.4. The number of methoxy groups -OCH3 is 3. The molecular weight excluding hydrogens is 260 g/mol. The lowest BCUT2D eigenvalue weighted by molar-refractivity contribution is 0.208. The van der Waals surface area contributed by atoms with Crippen molar-refractivity contribution in [3.8, 4) is 17.4 Å². The van der Waals surface area contributed by atoms with Crippen LogP contribution in [0.5, 0.6) is 17.4 Å². The minimum Gasteiger partial charge on any atom is -0.497 e. The van der Waals surface area contributed by atoms with Gasteiger partial charge in [-0.2, -0.15) is 0 Å². The molecule has 2 aromatic rings. The maximum absolute atomic E-state index is 10.5. The van der Waals surface area contributed by atoms with E-state index in [1.165, 1.54) is 13.4 Å². The van der Waals surface area contributed by atoms with Crippen molar-refractivity contribution in [1.82, 2.24) is 9.97 Å². The molecule has 1 aromatic heterocycles. The van der Waals surface area contributed by atoms with E-state index in [1.807, 2.05) is 0 Å². The van der Waals surface area contributed by atoms with Gasteiger partial charge >= 0.3 is 0 Å². The summed E-state index contributed by atoms with van der Waals surface area (Å²) in [5, 5.41) is 10.5. The van der Waals surface area contributed by atoms with Gasteiger partial charge in [-0.25, -0.2) is 9.97 Å². The maximum atomic E-state index is 10.5. The third-order valence-electron chi connectivity index (χ3n) is 2.88. The number of hydrogen-bond acceptors (Lipinski definition) is 6. The SMILES string of the molecule is COc1ccc(OC)c(C(O)c2cc(OC)ncn2)c1. The van der Waals surface area contributed by atoms with E-state index in [0.29, 0.717) is 28.6 Å². The lowest BCUT2D eigenvalue weighted by Gasteiger charge is -2.15. The van der Waals surface area contributed by atoms with Crippen LogP contribution < -0.4 is 14.2 Å². The van der Waals surface area contributed by atoms with Crippen LogP contribution in [0.2, 0.25) is 0 Å². The fraction of sp³-hybridized carbons (Fsp3) is 0.286. The molecule has 1 heterocycles. The molecule has 6 nitrogen and oxygen atoms in total. The molecule has 0 aliphatic rings. The van der Waals surface area contributed by atoms with E-state index < -0.39 is 6.10 Å². The first-order valence-corrected chi connectivity index (χ1v) is 5.95. The fourth-order valence-electron chi connectivity index (χ4n) is 1.83. The largest absolute Gasteiger partial charge is 0.497 e. The predicted molar refractivity (Wildman–Crippen MR) is 72.2 cm³/mol. The number of benzene rings is 1. The monoisotopic (exact) mass is 276 g/mol. The number of ether oxygens (including phenoxy) is 3. The van der Waals surface area contributed by atoms with Crippen LogP contribution in [0.4, 0.5) is 0 Å². The summed E-state index contributed by atoms with van der Waals surface area (Å²) in [6.07, 6.45) is 0.376. The van der Waals surface area contributed by atoms with Crippen LogP contribution in [-0.2, 0) is 0 Å². The Bertz CT molecular complexity index is 589. The van der Waals surface area contributed by atoms with Gasteiger partial charge in [0.2, 0.25) is 5.88 Å². The summed E-state index contributed by atoms with van der Waals surface area (Å²) in [5.74, 6) is 1.56. The number of rotatable bonds is 5. The maximum Gasteiger partial charge on any atom is 0.216 e. The molecule has 1 N–H and O–H groups in total. The normalized spacial score (nSPS) is 11.8. The average molecular weight is 276 g/mol. The van der Waals surface area contributed by atoms with Gasteiger partial charge in [0.25, 0.3) is 0 Å². The van der Waals surface area contributed by atoms with Crippen LogP contribution in [0.15, 0.2) is 30.6 Å². The van der Waals surface area contributed by atoms with Gasteiger partial charge in [0.15, 0.2) is 0 Å². The number of nitrogens with zero attached hydrogens (tertiary/aromatic N) is 2. The molecule has 0 bridgehead atoms. The zero-order valence-corrected chi connectivity index (χ0v) is 11.5. The molecule has 0 radical (unpaired) electrons. The van der Waals surface area contributed by atoms with Crippen molar-refractivity contribution in [2.45, 2.75) is 6.10 Å². The Kier molecular flexibility index (Phi) is 4.37. The van der Waals surface area contributed by atoms with Crippen molar-refractivity contribution >= 4 is 0 Å². The molecule has 0 saturated carbocycles. The Morgan fingerprint density at radius 3 is 2.45 bits per heavy atom. The molecule has 2 rings (SSSR count). The Morgan fingerprint density at radius 2 is 1.80 bits per heavy atom. The van der Waals surface area contributed by atoms with Gasteiger partial charge in [-0.1, -0.05) is 0 Å². The second-order valence-electron chi connectivity index (χ2n) is 4.00. The van der Waals surface area contributed by atoms with Crippen molar-refractivity contribution in [2.24, 2.45) is 0 Å². The number of hydrogen-bond donors (Lipinski definition) is 1. The molecule has 1 unspecified atom stereocenters. The van der Waals surface area contributed by atoms with E-state index in [9.17, 15) is 5.11 Å². The van der Waals surface area contributed by atoms with E-state index >= 15 is 0 Å². The highest BCUT2D eigenvalue weighted by Crippen LogP contribution is 2.32. The summed E-state index contributed by atoms with van der Waals surface area (Å²) in [4.78, 5) is 7.97. The van der Waals surface area contributed by atoms with Crippen LogP contribution in [0.25, 0.3) is 0 Å². The van der Waals surface area contributed by atoms with E-state index in [4.69, 9.17) is 14.2 Å². The van der Waals surface area contributed by atoms with Gasteiger partial charge in [-0.05, 0) is 18.2 Å². The molecule has 20 heavy (non-hydrogen) atoms. The Balaban J connectivity index is 2.42. The first-order valence-electron chi connectivity index (χ1n) is 5.95. The highest BCUT2D eigenvalue weighted by atomic mass is 16.5. The van der Waals surface area contributed by atoms with Crippen LogP contribution in [0.3, 0.4) is 0 Å². The van der Waals surface area contributed by atoms with Crippen molar-refractivity contribution in [3.05, 3.63) is 41.9 Å². The average Bonchev–Trinajstić information content (AvgIpc) is 2.53. The third-order valence-corrected chi connectivity index (χ3v) is 2.88. The summed E-state index contributed by atoms with van der Waals surface area (Å²) in [6, 6.07) is 6.77. The molecule has 0 aliphatic heterocycles. The van der Waals surface area contributed by atoms with Gasteiger partial charge in [-0.15, -0.1) is 0 Å². The number of aliphatic hydroxyl groups excluding tert-OH is 1. The topological polar surface area (TPSA) is 73.7 Å². The lowest BCUT2D eigenvalue weighted by Crippen LogP contribution is -2.06. The molecular formula is C14H16N2O4. The lowest BCUT2D eigenvalue weighted by atomic mass is 10.0. The van der Waals surface area contributed by atoms with Crippen LogP contribution in [0, 0.1) is 0 Å². The minimum absolute atomic E-state index is 0.385. The van der Waals surface area contributed by atoms with Crippen LogP contribution in [0.1, 0.15) is 17.4 Å². The van der Waals surface area contributed by atoms with Crippen molar-refractivity contribution in [3.63, 3.8) is 0 Å². The van der Waals surface area contributed by atoms with Crippen molar-refractivity contribution in [1.29, 1.82) is 0 Å². The highest BCUT2D eigenvalue weighted by Gasteiger charge is 2.18. The van der Waals surface area contributed by atoms with Gasteiger partial charge in [0, 0.05) is 11.6 Å². The summed E-state index contributed by atoms with van der Waals surface area (Å²) >= 11 is 0. The smallest absolute Gasteiger partial charge is 0.216 e. The summed E-state index contributed by atoms with van der Waals surface area (Å²) in [5.41, 5.74) is 0.982. The molecule has 106 valence electrons. The minimum atomic E-state index is -0.961. The van der Waals surface area contributed by atoms with Crippen molar-refractivity contribution < 1.29 is 19.3 Å². The zero-order valence-electron chi connectivity index (χ0n) is 11.5. The fourth-order valence-corrected chi connectivity index (χ4v) is 1.83. The molecule has 6 heteroatoms. The standard InChI is InChI=1S/C14H16N2O4/c1-18-9-4-5-12(19-2)10(6-9)14(17)11-7-13(20-3)16-8-15-11/h4-8,14,17H,1-3H3. The molecule has 0 fully saturated rings. The van der Waals surface area contributed by atoms with Crippen LogP contribution in [-0.4, -0.2) is 36.4 Å². The van der Waals surface area contributed by atoms with E-state index in [1.54, 1.807) is 38.5 Å². The van der Waals surface area contributed by atoms with E-state index in [-0.39, 0.29) is 0 Å². The van der Waals surface area contributed by atoms with Gasteiger partial charge in [0.05, 0.1) is 27.0 Å². The second-order valence-corrected chi connectivity index (χ2v) is 4.00. The summed E-state index contributed by atoms with van der Waals surface area (Å²) in [6.45, 7) is 0. The molecule has 0 spiro atoms. The highest BCUT2D eigenvalue weighted by molar-refractivity contribution is 5.44. The zero-order chi connectivity index (χ0) is 14.5. The first-order chi connectivity index (χ1) is 9.69. The molecule has 0 amide bonds. The van der Waals surface area contributed by atoms with Gasteiger partial charge in [-0.3, -0.25) is 0 Å². The van der Waals surface area contributed by atoms with Crippen LogP contribution >= 0.6 is 0 Å². The molecule has 1 aromatic carbocycles. The molecule has 0 saturated heterocycles. The summed E-state index contributed by atoms with van der Waals surface area (Å²) in [7, 11) is 4.61. The third kappa shape index (κ3) is 2.80. The van der Waals surface area contributed by atoms with E-state index in [0.717, 1.165) is 0 Å². The quantitative estimate of drug-likeness (QED) is 0.894. The Hall–Kier alpha value is -2.34. The number of aliphatic hydroxyl groups is 1. The number of aromatic nitrogens is 2. The molecule has 1 atom stereocenters. The van der Waals surface area contributed by atoms with Gasteiger partial charge < -0.3 is 19.3 Å².